The topological polar surface area (TPSA) is 55.1 Å². The van der Waals surface area contributed by atoms with Crippen molar-refractivity contribution in [3.63, 3.8) is 0 Å². The first kappa shape index (κ1) is 14.7. The molecule has 24 heavy (non-hydrogen) atoms. The number of carboxylic acid groups (broad SMARTS) is 1. The lowest BCUT2D eigenvalue weighted by Crippen LogP contribution is -2.01. The summed E-state index contributed by atoms with van der Waals surface area (Å²) in [7, 11) is 0. The Bertz CT molecular complexity index is 1090. The second-order valence-electron chi connectivity index (χ2n) is 5.65. The normalized spacial score (nSPS) is 11.2. The maximum Gasteiger partial charge on any atom is 0.335 e. The molecule has 0 aliphatic heterocycles. The van der Waals surface area contributed by atoms with Gasteiger partial charge in [-0.3, -0.25) is 4.98 Å². The zero-order chi connectivity index (χ0) is 16.7. The predicted molar refractivity (Wildman–Crippen MR) is 94.8 cm³/mol. The molecule has 2 aromatic carbocycles. The number of aromatic carboxylic acids is 1. The molecule has 0 aliphatic carbocycles. The van der Waals surface area contributed by atoms with Crippen molar-refractivity contribution in [1.82, 2.24) is 9.55 Å². The molecule has 4 nitrogen and oxygen atoms in total. The lowest BCUT2D eigenvalue weighted by molar-refractivity contribution is 0.0697. The van der Waals surface area contributed by atoms with E-state index in [9.17, 15) is 9.90 Å². The molecule has 0 radical (unpaired) electrons. The molecule has 1 N–H and O–H groups in total. The number of rotatable bonds is 3. The fourth-order valence-electron chi connectivity index (χ4n) is 3.06. The Balaban J connectivity index is 1.99. The van der Waals surface area contributed by atoms with Crippen LogP contribution in [0.1, 0.15) is 15.9 Å². The first-order valence-electron chi connectivity index (χ1n) is 7.47. The molecule has 0 aliphatic rings. The maximum atomic E-state index is 11.3. The summed E-state index contributed by atoms with van der Waals surface area (Å²) in [6.07, 6.45) is 3.56. The molecule has 118 valence electrons. The van der Waals surface area contributed by atoms with Crippen LogP contribution in [0, 0.1) is 0 Å². The van der Waals surface area contributed by atoms with Crippen molar-refractivity contribution in [3.8, 4) is 0 Å². The highest BCUT2D eigenvalue weighted by Gasteiger charge is 2.13. The van der Waals surface area contributed by atoms with Gasteiger partial charge in [-0.05, 0) is 35.9 Å². The highest BCUT2D eigenvalue weighted by atomic mass is 35.5. The van der Waals surface area contributed by atoms with Crippen molar-refractivity contribution >= 4 is 39.4 Å². The van der Waals surface area contributed by atoms with E-state index < -0.39 is 5.97 Å². The Kier molecular flexibility index (Phi) is 3.47. The summed E-state index contributed by atoms with van der Waals surface area (Å²) in [6, 6.07) is 14.8. The monoisotopic (exact) mass is 336 g/mol. The first-order valence-corrected chi connectivity index (χ1v) is 7.85. The second-order valence-corrected chi connectivity index (χ2v) is 6.08. The van der Waals surface area contributed by atoms with Crippen LogP contribution in [0.2, 0.25) is 5.02 Å². The number of hydrogen-bond donors (Lipinski definition) is 1. The van der Waals surface area contributed by atoms with E-state index in [2.05, 4.69) is 9.55 Å². The van der Waals surface area contributed by atoms with Crippen LogP contribution >= 0.6 is 11.6 Å². The number of fused-ring (bicyclic) bond motifs is 3. The van der Waals surface area contributed by atoms with Crippen molar-refractivity contribution in [3.05, 3.63) is 77.1 Å². The summed E-state index contributed by atoms with van der Waals surface area (Å²) in [6.45, 7) is 0.605. The number of nitrogens with zero attached hydrogens (tertiary/aromatic N) is 2. The van der Waals surface area contributed by atoms with E-state index in [1.807, 2.05) is 42.6 Å². The van der Waals surface area contributed by atoms with E-state index in [0.29, 0.717) is 11.6 Å². The van der Waals surface area contributed by atoms with Gasteiger partial charge in [-0.25, -0.2) is 4.79 Å². The Labute approximate surface area is 142 Å². The van der Waals surface area contributed by atoms with Gasteiger partial charge in [0.25, 0.3) is 0 Å². The van der Waals surface area contributed by atoms with Crippen LogP contribution in [0.5, 0.6) is 0 Å². The highest BCUT2D eigenvalue weighted by Crippen LogP contribution is 2.30. The van der Waals surface area contributed by atoms with Gasteiger partial charge in [0.15, 0.2) is 0 Å². The zero-order valence-corrected chi connectivity index (χ0v) is 13.4. The van der Waals surface area contributed by atoms with Crippen molar-refractivity contribution in [2.24, 2.45) is 0 Å². The molecule has 0 atom stereocenters. The van der Waals surface area contributed by atoms with Crippen LogP contribution in [-0.2, 0) is 6.54 Å². The van der Waals surface area contributed by atoms with Gasteiger partial charge in [0.05, 0.1) is 16.6 Å². The van der Waals surface area contributed by atoms with Gasteiger partial charge in [-0.1, -0.05) is 29.8 Å². The molecule has 0 saturated carbocycles. The van der Waals surface area contributed by atoms with Gasteiger partial charge in [-0.15, -0.1) is 0 Å². The van der Waals surface area contributed by atoms with Crippen LogP contribution in [0.25, 0.3) is 21.8 Å². The summed E-state index contributed by atoms with van der Waals surface area (Å²) in [5, 5.41) is 12.0. The van der Waals surface area contributed by atoms with Gasteiger partial charge in [0.2, 0.25) is 0 Å². The molecule has 0 amide bonds. The van der Waals surface area contributed by atoms with Gasteiger partial charge in [0.1, 0.15) is 0 Å². The number of benzene rings is 2. The Morgan fingerprint density at radius 3 is 2.75 bits per heavy atom. The van der Waals surface area contributed by atoms with E-state index in [4.69, 9.17) is 11.6 Å². The Morgan fingerprint density at radius 1 is 1.08 bits per heavy atom. The van der Waals surface area contributed by atoms with Gasteiger partial charge < -0.3 is 9.67 Å². The van der Waals surface area contributed by atoms with Crippen LogP contribution in [0.3, 0.4) is 0 Å². The summed E-state index contributed by atoms with van der Waals surface area (Å²) in [5.74, 6) is -0.936. The standard InChI is InChI=1S/C19H13ClN2O2/c20-14-3-1-2-12(8-14)11-22-17-6-7-21-10-16(17)15-5-4-13(19(23)24)9-18(15)22/h1-10H,11H2,(H,23,24). The Hall–Kier alpha value is -2.85. The van der Waals surface area contributed by atoms with Gasteiger partial charge in [-0.2, -0.15) is 0 Å². The van der Waals surface area contributed by atoms with Gasteiger partial charge >= 0.3 is 5.97 Å². The van der Waals surface area contributed by atoms with Gasteiger partial charge in [0, 0.05) is 34.7 Å². The molecule has 4 aromatic rings. The SMILES string of the molecule is O=C(O)c1ccc2c3cnccc3n(Cc3cccc(Cl)c3)c2c1. The lowest BCUT2D eigenvalue weighted by Gasteiger charge is -2.08. The minimum Gasteiger partial charge on any atom is -0.478 e. The van der Waals surface area contributed by atoms with E-state index in [-0.39, 0.29) is 5.56 Å². The number of carbonyl (C=O) groups is 1. The van der Waals surface area contributed by atoms with Crippen molar-refractivity contribution in [2.45, 2.75) is 6.54 Å². The fourth-order valence-corrected chi connectivity index (χ4v) is 3.28. The first-order chi connectivity index (χ1) is 11.6. The fraction of sp³-hybridized carbons (Fsp3) is 0.0526. The van der Waals surface area contributed by atoms with Crippen molar-refractivity contribution in [1.29, 1.82) is 0 Å². The van der Waals surface area contributed by atoms with E-state index in [1.54, 1.807) is 18.3 Å². The summed E-state index contributed by atoms with van der Waals surface area (Å²) in [5.41, 5.74) is 3.21. The third-order valence-electron chi connectivity index (χ3n) is 4.14. The number of aromatic nitrogens is 2. The molecular formula is C19H13ClN2O2. The summed E-state index contributed by atoms with van der Waals surface area (Å²) < 4.78 is 2.10. The largest absolute Gasteiger partial charge is 0.478 e. The van der Waals surface area contributed by atoms with E-state index in [0.717, 1.165) is 27.4 Å². The van der Waals surface area contributed by atoms with Crippen LogP contribution in [-0.4, -0.2) is 20.6 Å². The molecule has 5 heteroatoms. The number of hydrogen-bond acceptors (Lipinski definition) is 2. The molecule has 0 spiro atoms. The number of pyridine rings is 1. The highest BCUT2D eigenvalue weighted by molar-refractivity contribution is 6.30. The second kappa shape index (κ2) is 5.65. The number of carboxylic acids is 1. The third kappa shape index (κ3) is 2.41. The Morgan fingerprint density at radius 2 is 1.96 bits per heavy atom. The molecule has 0 fully saturated rings. The lowest BCUT2D eigenvalue weighted by atomic mass is 10.1. The average Bonchev–Trinajstić information content (AvgIpc) is 2.89. The molecule has 4 rings (SSSR count). The minimum atomic E-state index is -0.936. The summed E-state index contributed by atoms with van der Waals surface area (Å²) in [4.78, 5) is 15.5. The van der Waals surface area contributed by atoms with E-state index >= 15 is 0 Å². The van der Waals surface area contributed by atoms with Crippen LogP contribution in [0.15, 0.2) is 60.9 Å². The average molecular weight is 337 g/mol. The van der Waals surface area contributed by atoms with Crippen molar-refractivity contribution in [2.75, 3.05) is 0 Å². The van der Waals surface area contributed by atoms with Crippen LogP contribution in [0.4, 0.5) is 0 Å². The minimum absolute atomic E-state index is 0.269. The molecule has 0 unspecified atom stereocenters. The third-order valence-corrected chi connectivity index (χ3v) is 4.38. The predicted octanol–water partition coefficient (Wildman–Crippen LogP) is 4.59. The summed E-state index contributed by atoms with van der Waals surface area (Å²) >= 11 is 6.09. The number of halogens is 1. The van der Waals surface area contributed by atoms with Crippen molar-refractivity contribution < 1.29 is 9.90 Å². The smallest absolute Gasteiger partial charge is 0.335 e. The maximum absolute atomic E-state index is 11.3. The van der Waals surface area contributed by atoms with E-state index in [1.165, 1.54) is 0 Å². The zero-order valence-electron chi connectivity index (χ0n) is 12.6. The van der Waals surface area contributed by atoms with Crippen LogP contribution < -0.4 is 0 Å². The molecule has 2 heterocycles. The quantitative estimate of drug-likeness (QED) is 0.595. The molecule has 0 saturated heterocycles. The molecule has 0 bridgehead atoms. The molecule has 2 aromatic heterocycles. The molecular weight excluding hydrogens is 324 g/mol.